The molecule has 15 unspecified atom stereocenters. The van der Waals surface area contributed by atoms with E-state index in [0.29, 0.717) is 103 Å². The number of ether oxygens (including phenoxy) is 6. The van der Waals surface area contributed by atoms with E-state index in [4.69, 9.17) is 28.4 Å². The van der Waals surface area contributed by atoms with Gasteiger partial charge < -0.3 is 88.3 Å². The van der Waals surface area contributed by atoms with E-state index < -0.39 is 141 Å². The Bertz CT molecular complexity index is 4760. The molecule has 12 fully saturated rings. The summed E-state index contributed by atoms with van der Waals surface area (Å²) in [5.41, 5.74) is -6.34. The van der Waals surface area contributed by atoms with Crippen molar-refractivity contribution in [3.8, 4) is 0 Å². The average molecular weight is 2010 g/mol. The third-order valence-electron chi connectivity index (χ3n) is 31.2. The number of aliphatic hydroxyl groups is 4. The van der Waals surface area contributed by atoms with E-state index in [2.05, 4.69) is 12.2 Å². The van der Waals surface area contributed by atoms with Gasteiger partial charge >= 0.3 is 30.3 Å². The largest absolute Gasteiger partial charge is 0.479 e. The highest BCUT2D eigenvalue weighted by atomic mass is 16.6. The summed E-state index contributed by atoms with van der Waals surface area (Å²) in [5.74, 6) is -3.21. The van der Waals surface area contributed by atoms with Crippen LogP contribution in [0.25, 0.3) is 0 Å². The molecule has 3 spiro atoms. The molecule has 14 rings (SSSR count). The molecule has 36 heteroatoms. The number of hydrogen-bond acceptors (Lipinski definition) is 24. The van der Waals surface area contributed by atoms with Gasteiger partial charge in [0.2, 0.25) is 29.5 Å². The first kappa shape index (κ1) is 116. The van der Waals surface area contributed by atoms with Gasteiger partial charge in [0.05, 0.1) is 73.9 Å². The number of aliphatic hydroxyl groups excluding tert-OH is 4. The lowest BCUT2D eigenvalue weighted by molar-refractivity contribution is -0.188. The van der Waals surface area contributed by atoms with Crippen LogP contribution in [0.15, 0.2) is 60.7 Å². The van der Waals surface area contributed by atoms with E-state index in [9.17, 15) is 87.9 Å². The van der Waals surface area contributed by atoms with Gasteiger partial charge in [0.1, 0.15) is 62.7 Å². The molecule has 23 atom stereocenters. The number of ketones is 1. The standard InChI is InChI=1S/C29H44N2O6.C28H41N3O5.C21H35N3O5.C16H27N3O3.C13H23NO5/c1-20-14-15-29(22(3)32,31(20)27(35)37-28(4,5)6)25(33)18-24(26(34)30-16-10-11-17-30)21(2)36-19-23-12-8-7-9-13-23;1-19-14-15-28(31(19)26(34)36-27(4,5)6)21(3)30(25(28)33)23(24(32)29-16-10-11-17-29)20(2)35-18-22-12-8-7-9-13-22;1-13-9-10-21(24(13)19(28)29-20(4,5)6)15(3)23(18(21)27)16(14(2)25)17(26)22-11-7-8-12-22;1-10-6-7-16(17-10)12(3)19(15(16)22)13(11(2)20)14(21)18-8-4-5-9-18;1-8-6-7-13(9(2)15,10(16)17)14(8)11(18)19-12(3,4)5/h7-9,12-13,20-22,24,32H,10-11,14-19H2,1-6H3;7-9,12-13,19-21,23H,10-11,14-18H2,1-6H3;13-16,25H,7-12H2,1-6H3;10-13,17,20H,4-9H2,1-3H3;8-9,15H,6-7H2,1-5H3,(H,16,17)/t20?,21-,22?,24+,29?;19?,20-,21?,23+,28?;13?,14-,15?,16+,21?;10?,11-,12?,13+,16?;/m1111./s1. The van der Waals surface area contributed by atoms with Crippen molar-refractivity contribution in [3.63, 3.8) is 0 Å². The molecule has 0 aliphatic carbocycles. The molecule has 12 saturated heterocycles. The number of Topliss-reactive ketones (excluding diaryl/α,β-unsaturated/α-hetero) is 1. The highest BCUT2D eigenvalue weighted by Crippen LogP contribution is 2.52. The van der Waals surface area contributed by atoms with Gasteiger partial charge in [0.25, 0.3) is 11.8 Å². The summed E-state index contributed by atoms with van der Waals surface area (Å²) >= 11 is 0. The van der Waals surface area contributed by atoms with Gasteiger partial charge in [-0.2, -0.15) is 0 Å². The SMILES string of the molecule is CC1CCC(C(=O)C[C@H](C(=O)N2CCCC2)[C@@H](C)OCc2ccccc2)(C(C)O)N1C(=O)OC(C)(C)C.CC1CCC(C(=O)O)(C(C)O)N1C(=O)OC(C)(C)C.CC1CCC2(C(=O)N([C@H](C(=O)N3CCCC3)[C@@H](C)O)C2C)N1C(=O)OC(C)(C)C.CC1CCC2(C(=O)N([C@H](C(=O)N3CCCC3)[C@@H](C)OCc3ccccc3)C2C)N1C(=O)OC(C)(C)C.CC1CCC2(N1)C(=O)N([C@H](C(=O)N1CCCC1)[C@@H](C)O)C2C. The van der Waals surface area contributed by atoms with Gasteiger partial charge in [0, 0.05) is 89.0 Å². The molecular formula is C107H170N12O24. The molecule has 0 bridgehead atoms. The van der Waals surface area contributed by atoms with Crippen LogP contribution in [0.3, 0.4) is 0 Å². The van der Waals surface area contributed by atoms with Crippen molar-refractivity contribution < 1.29 is 116 Å². The summed E-state index contributed by atoms with van der Waals surface area (Å²) in [6.07, 6.45) is 6.05. The number of nitrogens with one attached hydrogen (secondary N) is 1. The summed E-state index contributed by atoms with van der Waals surface area (Å²) in [6.45, 7) is 52.7. The van der Waals surface area contributed by atoms with E-state index >= 15 is 0 Å². The molecule has 143 heavy (non-hydrogen) atoms. The molecule has 6 N–H and O–H groups in total. The topological polar surface area (TPSA) is 426 Å². The molecule has 2 aromatic carbocycles. The van der Waals surface area contributed by atoms with Crippen LogP contribution >= 0.6 is 0 Å². The van der Waals surface area contributed by atoms with Crippen molar-refractivity contribution in [2.24, 2.45) is 5.92 Å². The highest BCUT2D eigenvalue weighted by molar-refractivity contribution is 6.03. The van der Waals surface area contributed by atoms with Gasteiger partial charge in [-0.15, -0.1) is 0 Å². The van der Waals surface area contributed by atoms with Crippen LogP contribution in [0.5, 0.6) is 0 Å². The van der Waals surface area contributed by atoms with Crippen molar-refractivity contribution in [2.45, 2.75) is 468 Å². The zero-order valence-corrected chi connectivity index (χ0v) is 90.1. The maximum absolute atomic E-state index is 14.1. The number of carboxylic acids is 1. The van der Waals surface area contributed by atoms with Gasteiger partial charge in [-0.25, -0.2) is 24.0 Å². The molecule has 12 heterocycles. The van der Waals surface area contributed by atoms with Crippen molar-refractivity contribution in [2.75, 3.05) is 52.4 Å². The van der Waals surface area contributed by atoms with Crippen molar-refractivity contribution in [1.82, 2.24) is 59.2 Å². The quantitative estimate of drug-likeness (QED) is 0.0444. The van der Waals surface area contributed by atoms with Gasteiger partial charge in [0.15, 0.2) is 11.3 Å². The first-order valence-corrected chi connectivity index (χ1v) is 52.5. The van der Waals surface area contributed by atoms with Crippen LogP contribution in [-0.2, 0) is 84.8 Å². The fourth-order valence-corrected chi connectivity index (χ4v) is 23.6. The Balaban J connectivity index is 0.000000187. The molecule has 12 aliphatic heterocycles. The predicted molar refractivity (Wildman–Crippen MR) is 535 cm³/mol. The van der Waals surface area contributed by atoms with Crippen LogP contribution in [0.4, 0.5) is 19.2 Å². The second-order valence-corrected chi connectivity index (χ2v) is 46.2. The number of hydrogen-bond donors (Lipinski definition) is 6. The molecular weight excluding hydrogens is 1840 g/mol. The Morgan fingerprint density at radius 1 is 0.378 bits per heavy atom. The summed E-state index contributed by atoms with van der Waals surface area (Å²) < 4.78 is 34.5. The number of benzene rings is 2. The number of amides is 11. The first-order valence-electron chi connectivity index (χ1n) is 52.5. The zero-order chi connectivity index (χ0) is 106. The second-order valence-electron chi connectivity index (χ2n) is 46.2. The van der Waals surface area contributed by atoms with Crippen molar-refractivity contribution >= 4 is 77.5 Å². The number of carbonyl (C=O) groups is 13. The highest BCUT2D eigenvalue weighted by Gasteiger charge is 2.72. The maximum atomic E-state index is 14.1. The number of rotatable bonds is 23. The maximum Gasteiger partial charge on any atom is 0.411 e. The molecule has 0 radical (unpaired) electrons. The predicted octanol–water partition coefficient (Wildman–Crippen LogP) is 11.8. The number of carboxylic acid groups (broad SMARTS) is 1. The number of nitrogens with zero attached hydrogens (tertiary/aromatic N) is 11. The Hall–Kier alpha value is -9.33. The molecule has 11 amide bonds. The van der Waals surface area contributed by atoms with Crippen LogP contribution in [0.1, 0.15) is 313 Å². The molecule has 0 aromatic heterocycles. The van der Waals surface area contributed by atoms with Gasteiger partial charge in [-0.05, 0) is 307 Å². The Kier molecular flexibility index (Phi) is 37.5. The smallest absolute Gasteiger partial charge is 0.411 e. The number of aliphatic carboxylic acids is 1. The fourth-order valence-electron chi connectivity index (χ4n) is 23.6. The number of carbonyl (C=O) groups excluding carboxylic acids is 12. The number of β-lactam (4-membered cyclic amide) rings is 3. The van der Waals surface area contributed by atoms with Crippen LogP contribution in [-0.4, -0.2) is 362 Å². The Morgan fingerprint density at radius 3 is 0.993 bits per heavy atom. The van der Waals surface area contributed by atoms with E-state index in [1.807, 2.05) is 142 Å². The summed E-state index contributed by atoms with van der Waals surface area (Å²) in [4.78, 5) is 188. The normalized spacial score (nSPS) is 29.5. The van der Waals surface area contributed by atoms with Crippen LogP contribution in [0, 0.1) is 5.92 Å². The first-order chi connectivity index (χ1) is 66.6. The fraction of sp³-hybridized carbons (Fsp3) is 0.766. The number of likely N-dealkylation sites (tertiary alicyclic amines) is 11. The molecule has 36 nitrogen and oxygen atoms in total. The Labute approximate surface area is 847 Å². The second kappa shape index (κ2) is 46.4. The van der Waals surface area contributed by atoms with Crippen molar-refractivity contribution in [1.29, 1.82) is 0 Å². The van der Waals surface area contributed by atoms with Crippen LogP contribution < -0.4 is 5.32 Å². The zero-order valence-electron chi connectivity index (χ0n) is 90.1. The third kappa shape index (κ3) is 24.6. The lowest BCUT2D eigenvalue weighted by atomic mass is 9.75. The molecule has 2 aromatic rings. The minimum atomic E-state index is -1.60. The van der Waals surface area contributed by atoms with Crippen molar-refractivity contribution in [3.05, 3.63) is 71.8 Å². The van der Waals surface area contributed by atoms with Gasteiger partial charge in [-0.1, -0.05) is 60.7 Å². The molecule has 12 aliphatic rings. The van der Waals surface area contributed by atoms with E-state index in [1.54, 1.807) is 124 Å². The minimum Gasteiger partial charge on any atom is -0.479 e. The molecule has 0 saturated carbocycles. The van der Waals surface area contributed by atoms with Crippen LogP contribution in [0.2, 0.25) is 0 Å². The van der Waals surface area contributed by atoms with E-state index in [1.165, 1.54) is 21.6 Å². The average Bonchev–Trinajstić information content (AvgIpc) is 1.59. The van der Waals surface area contributed by atoms with Gasteiger partial charge in [-0.3, -0.25) is 63.3 Å². The third-order valence-corrected chi connectivity index (χ3v) is 31.2. The Morgan fingerprint density at radius 2 is 0.678 bits per heavy atom. The summed E-state index contributed by atoms with van der Waals surface area (Å²) in [5, 5.41) is 54.2. The van der Waals surface area contributed by atoms with E-state index in [0.717, 1.165) is 88.4 Å². The van der Waals surface area contributed by atoms with E-state index in [-0.39, 0.29) is 102 Å². The lowest BCUT2D eigenvalue weighted by Crippen LogP contribution is -2.82. The lowest BCUT2D eigenvalue weighted by Gasteiger charge is -2.59. The minimum absolute atomic E-state index is 0.0252. The summed E-state index contributed by atoms with van der Waals surface area (Å²) in [7, 11) is 0. The summed E-state index contributed by atoms with van der Waals surface area (Å²) in [6, 6.07) is 15.9. The monoisotopic (exact) mass is 2010 g/mol. The molecule has 802 valence electrons.